The molecule has 0 aromatic heterocycles. The number of nitrogens with zero attached hydrogens (tertiary/aromatic N) is 1. The zero-order valence-corrected chi connectivity index (χ0v) is 24.8. The second-order valence-corrected chi connectivity index (χ2v) is 15.6. The molecule has 0 saturated heterocycles. The number of carbonyl (C=O) groups is 1. The minimum atomic E-state index is -4.46. The molecule has 2 aromatic carbocycles. The Hall–Kier alpha value is -2.72. The average Bonchev–Trinajstić information content (AvgIpc) is 2.85. The van der Waals surface area contributed by atoms with Crippen molar-refractivity contribution in [3.63, 3.8) is 0 Å². The zero-order valence-electron chi connectivity index (χ0n) is 23.8. The van der Waals surface area contributed by atoms with E-state index in [1.54, 1.807) is 25.2 Å². The van der Waals surface area contributed by atoms with Crippen molar-refractivity contribution in [1.82, 2.24) is 4.90 Å². The SMILES string of the molecule is COc1cc(C(=O)N(C)CC(CCO[Si](C)(C)C(C)(C)C)c2cccc(C(F)(F)F)c2)cc(OC)c1OC. The summed E-state index contributed by atoms with van der Waals surface area (Å²) in [6, 6.07) is 8.40. The van der Waals surface area contributed by atoms with Crippen LogP contribution in [0.1, 0.15) is 54.6 Å². The summed E-state index contributed by atoms with van der Waals surface area (Å²) < 4.78 is 62.8. The first-order valence-corrected chi connectivity index (χ1v) is 15.3. The second-order valence-electron chi connectivity index (χ2n) is 10.8. The first-order valence-electron chi connectivity index (χ1n) is 12.4. The minimum absolute atomic E-state index is 0.00205. The smallest absolute Gasteiger partial charge is 0.416 e. The molecule has 0 saturated carbocycles. The molecule has 0 radical (unpaired) electrons. The van der Waals surface area contributed by atoms with Crippen LogP contribution < -0.4 is 14.2 Å². The van der Waals surface area contributed by atoms with Gasteiger partial charge in [-0.2, -0.15) is 13.2 Å². The quantitative estimate of drug-likeness (QED) is 0.280. The molecule has 1 unspecified atom stereocenters. The Morgan fingerprint density at radius 3 is 2.03 bits per heavy atom. The molecule has 0 spiro atoms. The van der Waals surface area contributed by atoms with Crippen LogP contribution in [0.4, 0.5) is 13.2 Å². The highest BCUT2D eigenvalue weighted by Gasteiger charge is 2.37. The molecule has 0 aliphatic carbocycles. The van der Waals surface area contributed by atoms with E-state index in [1.165, 1.54) is 32.3 Å². The molecule has 212 valence electrons. The molecule has 38 heavy (non-hydrogen) atoms. The Kier molecular flexibility index (Phi) is 10.3. The van der Waals surface area contributed by atoms with Gasteiger partial charge in [-0.1, -0.05) is 39.0 Å². The molecule has 0 aliphatic heterocycles. The largest absolute Gasteiger partial charge is 0.493 e. The summed E-state index contributed by atoms with van der Waals surface area (Å²) in [6.07, 6.45) is -4.00. The molecule has 0 aliphatic rings. The Morgan fingerprint density at radius 2 is 1.55 bits per heavy atom. The van der Waals surface area contributed by atoms with Crippen molar-refractivity contribution in [3.8, 4) is 17.2 Å². The van der Waals surface area contributed by atoms with Gasteiger partial charge in [-0.25, -0.2) is 0 Å². The third-order valence-corrected chi connectivity index (χ3v) is 11.7. The maximum absolute atomic E-state index is 13.5. The molecule has 1 amide bonds. The van der Waals surface area contributed by atoms with E-state index in [-0.39, 0.29) is 23.4 Å². The summed E-state index contributed by atoms with van der Waals surface area (Å²) >= 11 is 0. The van der Waals surface area contributed by atoms with E-state index in [9.17, 15) is 18.0 Å². The maximum atomic E-state index is 13.5. The predicted molar refractivity (Wildman–Crippen MR) is 145 cm³/mol. The molecule has 0 N–H and O–H groups in total. The van der Waals surface area contributed by atoms with Crippen LogP contribution in [0.3, 0.4) is 0 Å². The summed E-state index contributed by atoms with van der Waals surface area (Å²) in [5.74, 6) is 0.324. The first-order chi connectivity index (χ1) is 17.6. The van der Waals surface area contributed by atoms with E-state index in [0.29, 0.717) is 41.4 Å². The van der Waals surface area contributed by atoms with Crippen LogP contribution in [0, 0.1) is 0 Å². The summed E-state index contributed by atoms with van der Waals surface area (Å²) in [5, 5.41) is -0.00205. The molecule has 6 nitrogen and oxygen atoms in total. The summed E-state index contributed by atoms with van der Waals surface area (Å²) in [6.45, 7) is 11.2. The normalized spacial score (nSPS) is 13.2. The molecule has 1 atom stereocenters. The van der Waals surface area contributed by atoms with E-state index < -0.39 is 20.1 Å². The van der Waals surface area contributed by atoms with Gasteiger partial charge in [-0.05, 0) is 48.3 Å². The molecule has 10 heteroatoms. The van der Waals surface area contributed by atoms with Gasteiger partial charge in [0, 0.05) is 31.7 Å². The Labute approximate surface area is 225 Å². The topological polar surface area (TPSA) is 57.2 Å². The standard InChI is InChI=1S/C28H40F3NO5Si/c1-27(2,3)38(8,9)37-14-13-20(19-11-10-12-22(15-19)28(29,30)31)18-32(4)26(33)21-16-23(34-5)25(36-7)24(17-21)35-6/h10-12,15-17,20H,13-14,18H2,1-9H3. The number of hydrogen-bond acceptors (Lipinski definition) is 5. The maximum Gasteiger partial charge on any atom is 0.416 e. The van der Waals surface area contributed by atoms with Crippen LogP contribution in [0.15, 0.2) is 36.4 Å². The van der Waals surface area contributed by atoms with Crippen molar-refractivity contribution in [1.29, 1.82) is 0 Å². The number of hydrogen-bond donors (Lipinski definition) is 0. The molecular formula is C28H40F3NO5Si. The monoisotopic (exact) mass is 555 g/mol. The number of likely N-dealkylation sites (N-methyl/N-ethyl adjacent to an activating group) is 1. The lowest BCUT2D eigenvalue weighted by atomic mass is 9.93. The Morgan fingerprint density at radius 1 is 0.974 bits per heavy atom. The highest BCUT2D eigenvalue weighted by atomic mass is 28.4. The van der Waals surface area contributed by atoms with Gasteiger partial charge in [-0.15, -0.1) is 0 Å². The number of carbonyl (C=O) groups excluding carboxylic acids is 1. The summed E-state index contributed by atoms with van der Waals surface area (Å²) in [7, 11) is 3.96. The Bertz CT molecular complexity index is 1070. The van der Waals surface area contributed by atoms with Gasteiger partial charge >= 0.3 is 6.18 Å². The minimum Gasteiger partial charge on any atom is -0.493 e. The number of ether oxygens (including phenoxy) is 3. The summed E-state index contributed by atoms with van der Waals surface area (Å²) in [5.41, 5.74) is 0.0921. The number of rotatable bonds is 11. The lowest BCUT2D eigenvalue weighted by molar-refractivity contribution is -0.137. The van der Waals surface area contributed by atoms with Crippen LogP contribution in [0.5, 0.6) is 17.2 Å². The molecule has 0 bridgehead atoms. The third-order valence-electron chi connectivity index (χ3n) is 7.17. The van der Waals surface area contributed by atoms with Gasteiger partial charge in [0.05, 0.1) is 26.9 Å². The fraction of sp³-hybridized carbons (Fsp3) is 0.536. The van der Waals surface area contributed by atoms with Crippen molar-refractivity contribution in [3.05, 3.63) is 53.1 Å². The summed E-state index contributed by atoms with van der Waals surface area (Å²) in [4.78, 5) is 14.9. The lowest BCUT2D eigenvalue weighted by Gasteiger charge is -2.36. The highest BCUT2D eigenvalue weighted by Crippen LogP contribution is 2.39. The Balaban J connectivity index is 2.36. The molecular weight excluding hydrogens is 515 g/mol. The van der Waals surface area contributed by atoms with Gasteiger partial charge < -0.3 is 23.5 Å². The highest BCUT2D eigenvalue weighted by molar-refractivity contribution is 6.74. The number of amides is 1. The van der Waals surface area contributed by atoms with E-state index in [2.05, 4.69) is 33.9 Å². The van der Waals surface area contributed by atoms with Gasteiger partial charge in [0.25, 0.3) is 5.91 Å². The predicted octanol–water partition coefficient (Wildman–Crippen LogP) is 7.00. The van der Waals surface area contributed by atoms with Crippen LogP contribution in [-0.2, 0) is 10.6 Å². The number of benzene rings is 2. The first kappa shape index (κ1) is 31.5. The van der Waals surface area contributed by atoms with Crippen LogP contribution in [-0.4, -0.2) is 60.7 Å². The fourth-order valence-electron chi connectivity index (χ4n) is 3.84. The van der Waals surface area contributed by atoms with E-state index in [1.807, 2.05) is 0 Å². The molecule has 2 rings (SSSR count). The number of methoxy groups -OCH3 is 3. The van der Waals surface area contributed by atoms with Gasteiger partial charge in [0.15, 0.2) is 19.8 Å². The average molecular weight is 556 g/mol. The van der Waals surface area contributed by atoms with Gasteiger partial charge in [0.1, 0.15) is 0 Å². The van der Waals surface area contributed by atoms with Crippen LogP contribution >= 0.6 is 0 Å². The van der Waals surface area contributed by atoms with Gasteiger partial charge in [0.2, 0.25) is 5.75 Å². The van der Waals surface area contributed by atoms with Crippen molar-refractivity contribution < 1.29 is 36.6 Å². The van der Waals surface area contributed by atoms with Gasteiger partial charge in [-0.3, -0.25) is 4.79 Å². The third kappa shape index (κ3) is 7.66. The molecule has 0 fully saturated rings. The van der Waals surface area contributed by atoms with E-state index in [0.717, 1.165) is 12.1 Å². The van der Waals surface area contributed by atoms with Crippen LogP contribution in [0.2, 0.25) is 18.1 Å². The fourth-order valence-corrected chi connectivity index (χ4v) is 4.90. The van der Waals surface area contributed by atoms with E-state index >= 15 is 0 Å². The molecule has 2 aromatic rings. The zero-order chi connectivity index (χ0) is 28.9. The lowest BCUT2D eigenvalue weighted by Crippen LogP contribution is -2.41. The van der Waals surface area contributed by atoms with E-state index in [4.69, 9.17) is 18.6 Å². The van der Waals surface area contributed by atoms with Crippen molar-refractivity contribution >= 4 is 14.2 Å². The molecule has 0 heterocycles. The van der Waals surface area contributed by atoms with Crippen molar-refractivity contribution in [2.75, 3.05) is 41.5 Å². The van der Waals surface area contributed by atoms with Crippen molar-refractivity contribution in [2.45, 2.75) is 57.4 Å². The second kappa shape index (κ2) is 12.4. The van der Waals surface area contributed by atoms with Crippen LogP contribution in [0.25, 0.3) is 0 Å². The number of alkyl halides is 3. The van der Waals surface area contributed by atoms with Crippen molar-refractivity contribution in [2.24, 2.45) is 0 Å². The number of halogens is 3.